The van der Waals surface area contributed by atoms with Gasteiger partial charge < -0.3 is 5.73 Å². The maximum absolute atomic E-state index is 10.9. The van der Waals surface area contributed by atoms with Gasteiger partial charge in [-0.05, 0) is 17.2 Å². The fourth-order valence-corrected chi connectivity index (χ4v) is 2.92. The van der Waals surface area contributed by atoms with Crippen molar-refractivity contribution >= 4 is 29.0 Å². The molecule has 0 fully saturated rings. The van der Waals surface area contributed by atoms with E-state index in [1.54, 1.807) is 12.1 Å². The largest absolute Gasteiger partial charge is 0.393 e. The van der Waals surface area contributed by atoms with Gasteiger partial charge in [-0.15, -0.1) is 0 Å². The Morgan fingerprint density at radius 2 is 2.00 bits per heavy atom. The van der Waals surface area contributed by atoms with Crippen molar-refractivity contribution in [3.05, 3.63) is 63.7 Å². The van der Waals surface area contributed by atoms with Crippen LogP contribution in [-0.2, 0) is 6.42 Å². The molecule has 2 N–H and O–H groups in total. The van der Waals surface area contributed by atoms with Crippen LogP contribution in [0.1, 0.15) is 11.1 Å². The maximum Gasteiger partial charge on any atom is 0.292 e. The summed E-state index contributed by atoms with van der Waals surface area (Å²) in [5.74, 6) is 0. The number of nitro groups is 1. The molecule has 0 saturated carbocycles. The van der Waals surface area contributed by atoms with Crippen LogP contribution >= 0.6 is 11.9 Å². The highest BCUT2D eigenvalue weighted by Crippen LogP contribution is 2.36. The van der Waals surface area contributed by atoms with Crippen LogP contribution in [0, 0.1) is 10.1 Å². The molecule has 0 spiro atoms. The number of nitrogens with zero attached hydrogens (tertiary/aromatic N) is 2. The van der Waals surface area contributed by atoms with Gasteiger partial charge in [0.25, 0.3) is 5.69 Å². The molecule has 3 rings (SSSR count). The van der Waals surface area contributed by atoms with E-state index in [1.165, 1.54) is 11.9 Å². The molecule has 0 aromatic heterocycles. The van der Waals surface area contributed by atoms with Crippen LogP contribution in [-0.4, -0.2) is 10.6 Å². The van der Waals surface area contributed by atoms with Crippen LogP contribution in [0.4, 0.5) is 11.4 Å². The fourth-order valence-electron chi connectivity index (χ4n) is 2.11. The van der Waals surface area contributed by atoms with Crippen LogP contribution in [0.25, 0.3) is 0 Å². The zero-order valence-corrected chi connectivity index (χ0v) is 11.3. The van der Waals surface area contributed by atoms with Crippen molar-refractivity contribution in [1.82, 2.24) is 0 Å². The topological polar surface area (TPSA) is 81.5 Å². The molecule has 2 aromatic rings. The number of rotatable bonds is 2. The molecular weight excluding hydrogens is 274 g/mol. The van der Waals surface area contributed by atoms with E-state index in [9.17, 15) is 10.1 Å². The Morgan fingerprint density at radius 3 is 2.70 bits per heavy atom. The minimum atomic E-state index is -0.450. The van der Waals surface area contributed by atoms with Gasteiger partial charge in [0, 0.05) is 29.3 Å². The lowest BCUT2D eigenvalue weighted by Gasteiger charge is -2.15. The molecule has 100 valence electrons. The average Bonchev–Trinajstić information content (AvgIpc) is 2.47. The zero-order valence-electron chi connectivity index (χ0n) is 10.4. The Hall–Kier alpha value is -2.34. The highest BCUT2D eigenvalue weighted by atomic mass is 32.2. The number of hydrogen-bond donors (Lipinski definition) is 1. The summed E-state index contributed by atoms with van der Waals surface area (Å²) in [5.41, 5.74) is 8.67. The van der Waals surface area contributed by atoms with Crippen molar-refractivity contribution in [2.75, 3.05) is 5.73 Å². The minimum absolute atomic E-state index is 0.0429. The molecule has 1 aliphatic heterocycles. The quantitative estimate of drug-likeness (QED) is 0.397. The smallest absolute Gasteiger partial charge is 0.292 e. The second kappa shape index (κ2) is 4.97. The van der Waals surface area contributed by atoms with E-state index in [2.05, 4.69) is 4.40 Å². The Bertz CT molecular complexity index is 714. The summed E-state index contributed by atoms with van der Waals surface area (Å²) >= 11 is 1.31. The Morgan fingerprint density at radius 1 is 1.25 bits per heavy atom. The first-order valence-electron chi connectivity index (χ1n) is 6.01. The number of nitrogen functional groups attached to an aromatic ring is 1. The standard InChI is InChI=1S/C14H11N3O2S/c15-11-8-14-10(7-13(11)17(18)19)6-12(16-20-14)9-4-2-1-3-5-9/h1-5,7-8H,6,15H2. The molecule has 0 aliphatic carbocycles. The van der Waals surface area contributed by atoms with E-state index < -0.39 is 4.92 Å². The van der Waals surface area contributed by atoms with Gasteiger partial charge in [-0.1, -0.05) is 30.3 Å². The lowest BCUT2D eigenvalue weighted by atomic mass is 10.0. The second-order valence-corrected chi connectivity index (χ2v) is 5.25. The summed E-state index contributed by atoms with van der Waals surface area (Å²) in [6.45, 7) is 0. The normalized spacial score (nSPS) is 13.5. The predicted octanol–water partition coefficient (Wildman–Crippen LogP) is 3.23. The fraction of sp³-hybridized carbons (Fsp3) is 0.0714. The number of nitro benzene ring substituents is 1. The number of nitrogens with two attached hydrogens (primary N) is 1. The SMILES string of the molecule is Nc1cc2c(cc1[N+](=O)[O-])CC(c1ccccc1)=NS2. The molecule has 0 radical (unpaired) electrons. The van der Waals surface area contributed by atoms with E-state index >= 15 is 0 Å². The molecule has 1 heterocycles. The first kappa shape index (κ1) is 12.7. The predicted molar refractivity (Wildman–Crippen MR) is 80.0 cm³/mol. The van der Waals surface area contributed by atoms with Gasteiger partial charge in [0.1, 0.15) is 5.69 Å². The van der Waals surface area contributed by atoms with E-state index in [4.69, 9.17) is 5.73 Å². The molecule has 6 heteroatoms. The summed E-state index contributed by atoms with van der Waals surface area (Å²) in [6.07, 6.45) is 0.577. The Balaban J connectivity index is 1.99. The van der Waals surface area contributed by atoms with Gasteiger partial charge in [0.05, 0.1) is 10.6 Å². The van der Waals surface area contributed by atoms with Crippen molar-refractivity contribution in [3.8, 4) is 0 Å². The summed E-state index contributed by atoms with van der Waals surface area (Å²) in [7, 11) is 0. The third-order valence-corrected chi connectivity index (χ3v) is 4.01. The molecule has 2 aromatic carbocycles. The van der Waals surface area contributed by atoms with Crippen molar-refractivity contribution in [2.24, 2.45) is 4.40 Å². The van der Waals surface area contributed by atoms with E-state index in [0.717, 1.165) is 21.7 Å². The minimum Gasteiger partial charge on any atom is -0.393 e. The Kier molecular flexibility index (Phi) is 3.15. The van der Waals surface area contributed by atoms with Gasteiger partial charge in [-0.2, -0.15) is 0 Å². The van der Waals surface area contributed by atoms with Crippen LogP contribution in [0.2, 0.25) is 0 Å². The first-order chi connectivity index (χ1) is 9.65. The van der Waals surface area contributed by atoms with Crippen molar-refractivity contribution in [1.29, 1.82) is 0 Å². The summed E-state index contributed by atoms with van der Waals surface area (Å²) in [5, 5.41) is 10.9. The molecule has 0 atom stereocenters. The zero-order chi connectivity index (χ0) is 14.1. The number of benzene rings is 2. The monoisotopic (exact) mass is 285 g/mol. The highest BCUT2D eigenvalue weighted by Gasteiger charge is 2.21. The van der Waals surface area contributed by atoms with Gasteiger partial charge in [0.2, 0.25) is 0 Å². The number of hydrogen-bond acceptors (Lipinski definition) is 5. The molecule has 20 heavy (non-hydrogen) atoms. The van der Waals surface area contributed by atoms with Crippen molar-refractivity contribution in [3.63, 3.8) is 0 Å². The summed E-state index contributed by atoms with van der Waals surface area (Å²) < 4.78 is 4.46. The number of fused-ring (bicyclic) bond motifs is 1. The van der Waals surface area contributed by atoms with Crippen LogP contribution < -0.4 is 5.73 Å². The van der Waals surface area contributed by atoms with Crippen LogP contribution in [0.3, 0.4) is 0 Å². The third-order valence-electron chi connectivity index (χ3n) is 3.13. The molecule has 0 unspecified atom stereocenters. The third kappa shape index (κ3) is 2.25. The van der Waals surface area contributed by atoms with Crippen LogP contribution in [0.15, 0.2) is 51.8 Å². The molecule has 0 bridgehead atoms. The molecule has 1 aliphatic rings. The van der Waals surface area contributed by atoms with E-state index in [1.807, 2.05) is 30.3 Å². The highest BCUT2D eigenvalue weighted by molar-refractivity contribution is 7.98. The lowest BCUT2D eigenvalue weighted by Crippen LogP contribution is -2.10. The van der Waals surface area contributed by atoms with Gasteiger partial charge in [0.15, 0.2) is 0 Å². The van der Waals surface area contributed by atoms with Gasteiger partial charge in [-0.3, -0.25) is 10.1 Å². The molecular formula is C14H11N3O2S. The molecule has 5 nitrogen and oxygen atoms in total. The maximum atomic E-state index is 10.9. The van der Waals surface area contributed by atoms with Gasteiger partial charge in [-0.25, -0.2) is 4.40 Å². The van der Waals surface area contributed by atoms with Crippen molar-refractivity contribution in [2.45, 2.75) is 11.3 Å². The van der Waals surface area contributed by atoms with E-state index in [0.29, 0.717) is 6.42 Å². The first-order valence-corrected chi connectivity index (χ1v) is 6.78. The summed E-state index contributed by atoms with van der Waals surface area (Å²) in [6, 6.07) is 13.0. The molecule has 0 amide bonds. The Labute approximate surface area is 119 Å². The van der Waals surface area contributed by atoms with Crippen LogP contribution in [0.5, 0.6) is 0 Å². The lowest BCUT2D eigenvalue weighted by molar-refractivity contribution is -0.384. The van der Waals surface area contributed by atoms with Gasteiger partial charge >= 0.3 is 0 Å². The van der Waals surface area contributed by atoms with Crippen molar-refractivity contribution < 1.29 is 4.92 Å². The average molecular weight is 285 g/mol. The van der Waals surface area contributed by atoms with E-state index in [-0.39, 0.29) is 11.4 Å². The number of anilines is 1. The molecule has 0 saturated heterocycles. The second-order valence-electron chi connectivity index (χ2n) is 4.45. The summed E-state index contributed by atoms with van der Waals surface area (Å²) in [4.78, 5) is 11.4.